The summed E-state index contributed by atoms with van der Waals surface area (Å²) in [5.74, 6) is 0. The zero-order valence-corrected chi connectivity index (χ0v) is 14.9. The normalized spacial score (nSPS) is 12.6. The van der Waals surface area contributed by atoms with Crippen LogP contribution in [0.2, 0.25) is 0 Å². The Morgan fingerprint density at radius 2 is 1.60 bits per heavy atom. The largest absolute Gasteiger partial charge is 0.0786 e. The Morgan fingerprint density at radius 3 is 2.40 bits per heavy atom. The summed E-state index contributed by atoms with van der Waals surface area (Å²) in [6.07, 6.45) is 0. The zero-order valence-electron chi connectivity index (χ0n) is 11.1. The maximum absolute atomic E-state index is 3.91. The predicted molar refractivity (Wildman–Crippen MR) is 98.6 cm³/mol. The van der Waals surface area contributed by atoms with E-state index in [-0.39, 0.29) is 4.83 Å². The first kappa shape index (κ1) is 14.1. The van der Waals surface area contributed by atoms with Gasteiger partial charge in [-0.3, -0.25) is 0 Å². The molecule has 100 valence electrons. The Morgan fingerprint density at radius 1 is 0.900 bits per heavy atom. The summed E-state index contributed by atoms with van der Waals surface area (Å²) >= 11 is 6.32. The second-order valence-corrected chi connectivity index (χ2v) is 6.98. The summed E-state index contributed by atoms with van der Waals surface area (Å²) in [4.78, 5) is 0.224. The lowest BCUT2D eigenvalue weighted by Gasteiger charge is -2.18. The summed E-state index contributed by atoms with van der Waals surface area (Å²) in [6, 6.07) is 21.5. The number of fused-ring (bicyclic) bond motifs is 1. The van der Waals surface area contributed by atoms with E-state index in [2.05, 4.69) is 106 Å². The first-order chi connectivity index (χ1) is 9.68. The van der Waals surface area contributed by atoms with Crippen LogP contribution in [0.5, 0.6) is 0 Å². The fourth-order valence-electron chi connectivity index (χ4n) is 2.58. The highest BCUT2D eigenvalue weighted by atomic mass is 127. The predicted octanol–water partition coefficient (Wildman–Crippen LogP) is 6.24. The molecule has 2 heteroatoms. The van der Waals surface area contributed by atoms with Gasteiger partial charge in [-0.25, -0.2) is 0 Å². The van der Waals surface area contributed by atoms with E-state index in [1.54, 1.807) is 0 Å². The van der Waals surface area contributed by atoms with Gasteiger partial charge in [0.05, 0.1) is 4.83 Å². The zero-order chi connectivity index (χ0) is 14.1. The van der Waals surface area contributed by atoms with Gasteiger partial charge < -0.3 is 0 Å². The standard InChI is InChI=1S/C18H14BrI/c1-12-10-11-13-6-2-3-7-14(13)17(12)18(19)15-8-4-5-9-16(15)20/h2-11,18H,1H3. The van der Waals surface area contributed by atoms with Crippen molar-refractivity contribution in [3.05, 3.63) is 80.9 Å². The number of hydrogen-bond acceptors (Lipinski definition) is 0. The molecule has 3 aromatic carbocycles. The second-order valence-electron chi connectivity index (χ2n) is 4.90. The van der Waals surface area contributed by atoms with Crippen molar-refractivity contribution < 1.29 is 0 Å². The van der Waals surface area contributed by atoms with E-state index in [1.165, 1.54) is 31.0 Å². The number of benzene rings is 3. The van der Waals surface area contributed by atoms with Gasteiger partial charge in [-0.1, -0.05) is 70.5 Å². The van der Waals surface area contributed by atoms with E-state index >= 15 is 0 Å². The molecule has 0 saturated carbocycles. The van der Waals surface area contributed by atoms with Crippen LogP contribution in [-0.4, -0.2) is 0 Å². The molecule has 1 atom stereocenters. The number of aryl methyl sites for hydroxylation is 1. The average molecular weight is 437 g/mol. The first-order valence-corrected chi connectivity index (χ1v) is 8.54. The number of halogens is 2. The van der Waals surface area contributed by atoms with Crippen LogP contribution < -0.4 is 0 Å². The van der Waals surface area contributed by atoms with Crippen molar-refractivity contribution in [1.82, 2.24) is 0 Å². The molecular weight excluding hydrogens is 423 g/mol. The van der Waals surface area contributed by atoms with E-state index in [1.807, 2.05) is 0 Å². The molecule has 0 radical (unpaired) electrons. The average Bonchev–Trinajstić information content (AvgIpc) is 2.47. The van der Waals surface area contributed by atoms with Crippen LogP contribution in [0.3, 0.4) is 0 Å². The molecule has 0 aliphatic rings. The van der Waals surface area contributed by atoms with Crippen LogP contribution in [0.25, 0.3) is 10.8 Å². The van der Waals surface area contributed by atoms with Gasteiger partial charge in [0.2, 0.25) is 0 Å². The van der Waals surface area contributed by atoms with Crippen LogP contribution in [0.15, 0.2) is 60.7 Å². The maximum Gasteiger partial charge on any atom is 0.0663 e. The third kappa shape index (κ3) is 2.51. The molecule has 0 aliphatic carbocycles. The van der Waals surface area contributed by atoms with E-state index in [0.29, 0.717) is 0 Å². The molecule has 0 nitrogen and oxygen atoms in total. The third-order valence-corrected chi connectivity index (χ3v) is 5.55. The molecule has 0 bridgehead atoms. The Balaban J connectivity index is 2.24. The van der Waals surface area contributed by atoms with Crippen LogP contribution >= 0.6 is 38.5 Å². The highest BCUT2D eigenvalue weighted by Gasteiger charge is 2.17. The fraction of sp³-hybridized carbons (Fsp3) is 0.111. The van der Waals surface area contributed by atoms with Gasteiger partial charge >= 0.3 is 0 Å². The highest BCUT2D eigenvalue weighted by Crippen LogP contribution is 2.39. The molecule has 0 aliphatic heterocycles. The maximum atomic E-state index is 3.91. The van der Waals surface area contributed by atoms with Crippen LogP contribution in [-0.2, 0) is 0 Å². The van der Waals surface area contributed by atoms with Crippen molar-refractivity contribution in [2.24, 2.45) is 0 Å². The minimum Gasteiger partial charge on any atom is -0.0786 e. The van der Waals surface area contributed by atoms with E-state index in [4.69, 9.17) is 0 Å². The molecule has 3 aromatic rings. The second kappa shape index (κ2) is 5.86. The molecule has 0 heterocycles. The van der Waals surface area contributed by atoms with Gasteiger partial charge in [-0.15, -0.1) is 0 Å². The van der Waals surface area contributed by atoms with Crippen molar-refractivity contribution in [3.8, 4) is 0 Å². The molecule has 3 rings (SSSR count). The summed E-state index contributed by atoms with van der Waals surface area (Å²) in [5.41, 5.74) is 4.02. The highest BCUT2D eigenvalue weighted by molar-refractivity contribution is 14.1. The lowest BCUT2D eigenvalue weighted by molar-refractivity contribution is 1.15. The lowest BCUT2D eigenvalue weighted by atomic mass is 9.94. The Kier molecular flexibility index (Phi) is 4.13. The van der Waals surface area contributed by atoms with Crippen molar-refractivity contribution in [1.29, 1.82) is 0 Å². The smallest absolute Gasteiger partial charge is 0.0663 e. The van der Waals surface area contributed by atoms with Crippen LogP contribution in [0.1, 0.15) is 21.5 Å². The van der Waals surface area contributed by atoms with Crippen molar-refractivity contribution in [2.45, 2.75) is 11.8 Å². The molecule has 0 spiro atoms. The van der Waals surface area contributed by atoms with Crippen LogP contribution in [0.4, 0.5) is 0 Å². The van der Waals surface area contributed by atoms with Gasteiger partial charge in [-0.2, -0.15) is 0 Å². The number of rotatable bonds is 2. The summed E-state index contributed by atoms with van der Waals surface area (Å²) in [6.45, 7) is 2.19. The van der Waals surface area contributed by atoms with Crippen molar-refractivity contribution in [2.75, 3.05) is 0 Å². The molecule has 20 heavy (non-hydrogen) atoms. The van der Waals surface area contributed by atoms with E-state index in [0.717, 1.165) is 0 Å². The molecule has 0 aromatic heterocycles. The topological polar surface area (TPSA) is 0 Å². The SMILES string of the molecule is Cc1ccc2ccccc2c1C(Br)c1ccccc1I. The first-order valence-electron chi connectivity index (χ1n) is 6.55. The van der Waals surface area contributed by atoms with Gasteiger partial charge in [0.1, 0.15) is 0 Å². The molecular formula is C18H14BrI. The van der Waals surface area contributed by atoms with E-state index < -0.39 is 0 Å². The van der Waals surface area contributed by atoms with Gasteiger partial charge in [0.15, 0.2) is 0 Å². The Hall–Kier alpha value is -0.870. The Bertz CT molecular complexity index is 764. The molecule has 0 saturated heterocycles. The third-order valence-electron chi connectivity index (χ3n) is 3.62. The molecule has 1 unspecified atom stereocenters. The quantitative estimate of drug-likeness (QED) is 0.329. The minimum absolute atomic E-state index is 0.224. The molecule has 0 N–H and O–H groups in total. The van der Waals surface area contributed by atoms with Crippen molar-refractivity contribution in [3.63, 3.8) is 0 Å². The summed E-state index contributed by atoms with van der Waals surface area (Å²) in [7, 11) is 0. The number of hydrogen-bond donors (Lipinski definition) is 0. The summed E-state index contributed by atoms with van der Waals surface area (Å²) < 4.78 is 1.29. The minimum atomic E-state index is 0.224. The van der Waals surface area contributed by atoms with Crippen LogP contribution in [0, 0.1) is 10.5 Å². The van der Waals surface area contributed by atoms with Gasteiger partial charge in [0, 0.05) is 3.57 Å². The molecule has 0 fully saturated rings. The fourth-order valence-corrected chi connectivity index (χ4v) is 4.71. The monoisotopic (exact) mass is 436 g/mol. The van der Waals surface area contributed by atoms with Crippen molar-refractivity contribution >= 4 is 49.3 Å². The van der Waals surface area contributed by atoms with E-state index in [9.17, 15) is 0 Å². The number of alkyl halides is 1. The Labute approximate surface area is 141 Å². The summed E-state index contributed by atoms with van der Waals surface area (Å²) in [5, 5.41) is 2.62. The lowest BCUT2D eigenvalue weighted by Crippen LogP contribution is -1.99. The van der Waals surface area contributed by atoms with Gasteiger partial charge in [-0.05, 0) is 63.0 Å². The van der Waals surface area contributed by atoms with Gasteiger partial charge in [0.25, 0.3) is 0 Å². The molecule has 0 amide bonds.